The molecule has 0 N–H and O–H groups in total. The zero-order valence-corrected chi connectivity index (χ0v) is 19.0. The Morgan fingerprint density at radius 2 is 1.81 bits per heavy atom. The fourth-order valence-electron chi connectivity index (χ4n) is 5.45. The normalized spacial score (nSPS) is 19.6. The highest BCUT2D eigenvalue weighted by Crippen LogP contribution is 2.38. The number of rotatable bonds is 3. The van der Waals surface area contributed by atoms with E-state index in [0.29, 0.717) is 21.8 Å². The van der Waals surface area contributed by atoms with Crippen LogP contribution < -0.4 is 0 Å². The maximum absolute atomic E-state index is 14.2. The van der Waals surface area contributed by atoms with Gasteiger partial charge < -0.3 is 0 Å². The minimum Gasteiger partial charge on any atom is -0.296 e. The summed E-state index contributed by atoms with van der Waals surface area (Å²) in [6.45, 7) is 7.61. The van der Waals surface area contributed by atoms with Crippen LogP contribution in [0.15, 0.2) is 47.5 Å². The maximum atomic E-state index is 14.2. The molecular weight excluding hydrogens is 411 g/mol. The summed E-state index contributed by atoms with van der Waals surface area (Å²) in [5.41, 5.74) is 4.94. The lowest BCUT2D eigenvalue weighted by molar-refractivity contribution is 0.275. The van der Waals surface area contributed by atoms with Gasteiger partial charge in [-0.1, -0.05) is 23.8 Å². The van der Waals surface area contributed by atoms with Crippen molar-refractivity contribution in [3.05, 3.63) is 70.7 Å². The van der Waals surface area contributed by atoms with Crippen LogP contribution in [0.5, 0.6) is 0 Å². The Bertz CT molecular complexity index is 1310. The van der Waals surface area contributed by atoms with E-state index in [1.54, 1.807) is 12.3 Å². The second kappa shape index (κ2) is 7.31. The summed E-state index contributed by atoms with van der Waals surface area (Å²) >= 11 is 0. The summed E-state index contributed by atoms with van der Waals surface area (Å²) in [4.78, 5) is 2.80. The van der Waals surface area contributed by atoms with Gasteiger partial charge in [0.15, 0.2) is 0 Å². The smallest absolute Gasteiger partial charge is 0.268 e. The maximum Gasteiger partial charge on any atom is 0.268 e. The minimum atomic E-state index is -3.84. The molecule has 3 heterocycles. The zero-order chi connectivity index (χ0) is 21.9. The Morgan fingerprint density at radius 1 is 1.06 bits per heavy atom. The second-order valence-electron chi connectivity index (χ2n) is 8.96. The standard InChI is InChI=1S/C25H27FN2O2S/c1-16-11-17(2)25(18(3)12-16)31(29,30)28-15-23(22-14-20(26)6-7-24(22)28)19-8-10-27-9-4-5-21(27)13-19/h6-8,11-12,14-15,21H,4-5,9-10,13H2,1-3H3. The van der Waals surface area contributed by atoms with E-state index in [4.69, 9.17) is 0 Å². The van der Waals surface area contributed by atoms with Gasteiger partial charge >= 0.3 is 0 Å². The van der Waals surface area contributed by atoms with E-state index in [1.165, 1.54) is 22.5 Å². The van der Waals surface area contributed by atoms with Crippen molar-refractivity contribution in [1.82, 2.24) is 8.87 Å². The molecule has 1 unspecified atom stereocenters. The van der Waals surface area contributed by atoms with Crippen molar-refractivity contribution in [3.8, 4) is 0 Å². The molecule has 4 nitrogen and oxygen atoms in total. The molecule has 2 aliphatic heterocycles. The first-order chi connectivity index (χ1) is 14.8. The van der Waals surface area contributed by atoms with Gasteiger partial charge in [-0.15, -0.1) is 0 Å². The van der Waals surface area contributed by atoms with E-state index < -0.39 is 10.0 Å². The molecule has 6 heteroatoms. The van der Waals surface area contributed by atoms with Gasteiger partial charge in [0.2, 0.25) is 0 Å². The van der Waals surface area contributed by atoms with Crippen LogP contribution in [0.4, 0.5) is 4.39 Å². The van der Waals surface area contributed by atoms with Crippen molar-refractivity contribution in [2.45, 2.75) is 51.0 Å². The van der Waals surface area contributed by atoms with Crippen LogP contribution in [0.3, 0.4) is 0 Å². The topological polar surface area (TPSA) is 42.3 Å². The van der Waals surface area contributed by atoms with E-state index in [-0.39, 0.29) is 5.82 Å². The Hall–Kier alpha value is -2.44. The van der Waals surface area contributed by atoms with Gasteiger partial charge in [-0.3, -0.25) is 4.90 Å². The molecule has 1 fully saturated rings. The van der Waals surface area contributed by atoms with Gasteiger partial charge in [0.1, 0.15) is 5.82 Å². The molecule has 2 aliphatic rings. The van der Waals surface area contributed by atoms with E-state index >= 15 is 0 Å². The molecule has 3 aromatic rings. The minimum absolute atomic E-state index is 0.325. The molecule has 0 radical (unpaired) electrons. The van der Waals surface area contributed by atoms with Gasteiger partial charge in [0, 0.05) is 29.7 Å². The molecule has 5 rings (SSSR count). The van der Waals surface area contributed by atoms with Crippen molar-refractivity contribution in [2.75, 3.05) is 13.1 Å². The molecule has 0 bridgehead atoms. The predicted octanol–water partition coefficient (Wildman–Crippen LogP) is 5.19. The lowest BCUT2D eigenvalue weighted by Gasteiger charge is -2.29. The number of fused-ring (bicyclic) bond motifs is 2. The summed E-state index contributed by atoms with van der Waals surface area (Å²) < 4.78 is 43.2. The highest BCUT2D eigenvalue weighted by Gasteiger charge is 2.31. The number of benzene rings is 2. The first-order valence-electron chi connectivity index (χ1n) is 10.8. The largest absolute Gasteiger partial charge is 0.296 e. The summed E-state index contributed by atoms with van der Waals surface area (Å²) in [6.07, 6.45) is 7.11. The molecule has 1 atom stereocenters. The fraction of sp³-hybridized carbons (Fsp3) is 0.360. The lowest BCUT2D eigenvalue weighted by Crippen LogP contribution is -2.32. The van der Waals surface area contributed by atoms with E-state index in [0.717, 1.165) is 53.8 Å². The molecule has 0 spiro atoms. The first-order valence-corrected chi connectivity index (χ1v) is 12.3. The van der Waals surface area contributed by atoms with Crippen molar-refractivity contribution >= 4 is 26.5 Å². The molecule has 0 saturated carbocycles. The number of hydrogen-bond donors (Lipinski definition) is 0. The Labute approximate surface area is 183 Å². The predicted molar refractivity (Wildman–Crippen MR) is 122 cm³/mol. The first kappa shape index (κ1) is 20.5. The molecular formula is C25H27FN2O2S. The molecule has 1 saturated heterocycles. The van der Waals surface area contributed by atoms with Gasteiger partial charge in [-0.05, 0) is 81.5 Å². The number of aromatic nitrogens is 1. The SMILES string of the molecule is Cc1cc(C)c(S(=O)(=O)n2cc(C3=CCN4CCCC4C3)c3cc(F)ccc32)c(C)c1. The zero-order valence-electron chi connectivity index (χ0n) is 18.2. The highest BCUT2D eigenvalue weighted by molar-refractivity contribution is 7.90. The van der Waals surface area contributed by atoms with Gasteiger partial charge in [-0.2, -0.15) is 0 Å². The summed E-state index contributed by atoms with van der Waals surface area (Å²) in [5, 5.41) is 0.656. The van der Waals surface area contributed by atoms with Crippen LogP contribution in [0, 0.1) is 26.6 Å². The molecule has 162 valence electrons. The third-order valence-corrected chi connectivity index (χ3v) is 8.71. The molecule has 31 heavy (non-hydrogen) atoms. The van der Waals surface area contributed by atoms with Crippen molar-refractivity contribution in [1.29, 1.82) is 0 Å². The third-order valence-electron chi connectivity index (χ3n) is 6.73. The van der Waals surface area contributed by atoms with E-state index in [2.05, 4.69) is 11.0 Å². The Balaban J connectivity index is 1.71. The van der Waals surface area contributed by atoms with E-state index in [9.17, 15) is 12.8 Å². The summed E-state index contributed by atoms with van der Waals surface area (Å²) in [7, 11) is -3.84. The van der Waals surface area contributed by atoms with Crippen molar-refractivity contribution in [3.63, 3.8) is 0 Å². The Kier molecular flexibility index (Phi) is 4.83. The average molecular weight is 439 g/mol. The second-order valence-corrected chi connectivity index (χ2v) is 10.7. The molecule has 0 aliphatic carbocycles. The number of halogens is 1. The average Bonchev–Trinajstić information content (AvgIpc) is 3.30. The van der Waals surface area contributed by atoms with Crippen molar-refractivity contribution < 1.29 is 12.8 Å². The van der Waals surface area contributed by atoms with E-state index in [1.807, 2.05) is 32.9 Å². The van der Waals surface area contributed by atoms with Crippen molar-refractivity contribution in [2.24, 2.45) is 0 Å². The molecule has 0 amide bonds. The van der Waals surface area contributed by atoms with Gasteiger partial charge in [0.05, 0.1) is 10.4 Å². The lowest BCUT2D eigenvalue weighted by atomic mass is 9.94. The van der Waals surface area contributed by atoms with Crippen LogP contribution in [0.2, 0.25) is 0 Å². The highest BCUT2D eigenvalue weighted by atomic mass is 32.2. The number of nitrogens with zero attached hydrogens (tertiary/aromatic N) is 2. The van der Waals surface area contributed by atoms with Crippen LogP contribution in [0.25, 0.3) is 16.5 Å². The van der Waals surface area contributed by atoms with Crippen LogP contribution in [-0.2, 0) is 10.0 Å². The third kappa shape index (κ3) is 3.33. The van der Waals surface area contributed by atoms with Gasteiger partial charge in [-0.25, -0.2) is 16.8 Å². The number of aryl methyl sites for hydroxylation is 3. The molecule has 1 aromatic heterocycles. The fourth-order valence-corrected chi connectivity index (χ4v) is 7.24. The van der Waals surface area contributed by atoms with Crippen LogP contribution in [-0.4, -0.2) is 36.4 Å². The number of hydrogen-bond acceptors (Lipinski definition) is 3. The molecule has 2 aromatic carbocycles. The van der Waals surface area contributed by atoms with Crippen LogP contribution in [0.1, 0.15) is 41.5 Å². The summed E-state index contributed by atoms with van der Waals surface area (Å²) in [5.74, 6) is -0.356. The van der Waals surface area contributed by atoms with Crippen LogP contribution >= 0.6 is 0 Å². The quantitative estimate of drug-likeness (QED) is 0.565. The Morgan fingerprint density at radius 3 is 2.55 bits per heavy atom. The summed E-state index contributed by atoms with van der Waals surface area (Å²) in [6, 6.07) is 8.66. The monoisotopic (exact) mass is 438 g/mol. The van der Waals surface area contributed by atoms with Gasteiger partial charge in [0.25, 0.3) is 10.0 Å².